The molecule has 0 aliphatic carbocycles. The molecule has 28 heavy (non-hydrogen) atoms. The van der Waals surface area contributed by atoms with Crippen molar-refractivity contribution in [2.24, 2.45) is 0 Å². The van der Waals surface area contributed by atoms with Gasteiger partial charge in [0, 0.05) is 29.7 Å². The lowest BCUT2D eigenvalue weighted by Gasteiger charge is -2.39. The van der Waals surface area contributed by atoms with E-state index in [0.717, 1.165) is 27.7 Å². The predicted molar refractivity (Wildman–Crippen MR) is 108 cm³/mol. The molecule has 2 N–H and O–H groups in total. The third-order valence-corrected chi connectivity index (χ3v) is 6.06. The highest BCUT2D eigenvalue weighted by Gasteiger charge is 2.43. The fraction of sp³-hybridized carbons (Fsp3) is 0.304. The molecule has 1 fully saturated rings. The second kappa shape index (κ2) is 7.15. The number of piperidine rings is 1. The van der Waals surface area contributed by atoms with E-state index in [4.69, 9.17) is 0 Å². The lowest BCUT2D eigenvalue weighted by Crippen LogP contribution is -2.49. The summed E-state index contributed by atoms with van der Waals surface area (Å²) in [5.41, 5.74) is 2.99. The van der Waals surface area contributed by atoms with Crippen LogP contribution < -0.4 is 0 Å². The highest BCUT2D eigenvalue weighted by molar-refractivity contribution is 5.90. The summed E-state index contributed by atoms with van der Waals surface area (Å²) in [5, 5.41) is 11.0. The second-order valence-corrected chi connectivity index (χ2v) is 7.58. The molecule has 144 valence electrons. The number of benzene rings is 2. The number of aromatic amines is 1. The Morgan fingerprint density at radius 2 is 1.68 bits per heavy atom. The number of carboxylic acids is 1. The molecule has 4 rings (SSSR count). The van der Waals surface area contributed by atoms with Gasteiger partial charge >= 0.3 is 5.97 Å². The highest BCUT2D eigenvalue weighted by atomic mass is 16.4. The summed E-state index contributed by atoms with van der Waals surface area (Å²) in [6.45, 7) is 2.91. The zero-order valence-corrected chi connectivity index (χ0v) is 15.9. The van der Waals surface area contributed by atoms with Crippen LogP contribution in [0.3, 0.4) is 0 Å². The van der Waals surface area contributed by atoms with Crippen molar-refractivity contribution in [3.8, 4) is 0 Å². The number of aromatic nitrogens is 1. The monoisotopic (exact) mass is 376 g/mol. The fourth-order valence-electron chi connectivity index (χ4n) is 4.35. The lowest BCUT2D eigenvalue weighted by atomic mass is 9.73. The maximum atomic E-state index is 12.9. The summed E-state index contributed by atoms with van der Waals surface area (Å²) in [6.07, 6.45) is 1.21. The number of carbonyl (C=O) groups is 2. The molecule has 0 spiro atoms. The van der Waals surface area contributed by atoms with Gasteiger partial charge in [-0.3, -0.25) is 9.59 Å². The number of para-hydroxylation sites is 1. The molecule has 0 unspecified atom stereocenters. The molecule has 3 aromatic rings. The number of rotatable bonds is 4. The van der Waals surface area contributed by atoms with Gasteiger partial charge in [-0.1, -0.05) is 48.5 Å². The van der Waals surface area contributed by atoms with Gasteiger partial charge in [0.1, 0.15) is 0 Å². The molecule has 0 bridgehead atoms. The van der Waals surface area contributed by atoms with Gasteiger partial charge in [0.15, 0.2) is 0 Å². The first kappa shape index (κ1) is 18.3. The topological polar surface area (TPSA) is 73.4 Å². The minimum atomic E-state index is -0.908. The summed E-state index contributed by atoms with van der Waals surface area (Å²) >= 11 is 0. The Kier molecular flexibility index (Phi) is 4.67. The van der Waals surface area contributed by atoms with Crippen LogP contribution in [0.5, 0.6) is 0 Å². The van der Waals surface area contributed by atoms with Gasteiger partial charge in [0.2, 0.25) is 5.91 Å². The summed E-state index contributed by atoms with van der Waals surface area (Å²) in [7, 11) is 0. The number of nitrogens with one attached hydrogen (secondary N) is 1. The molecular weight excluding hydrogens is 352 g/mol. The van der Waals surface area contributed by atoms with Gasteiger partial charge < -0.3 is 15.0 Å². The largest absolute Gasteiger partial charge is 0.481 e. The van der Waals surface area contributed by atoms with Crippen LogP contribution in [0.2, 0.25) is 0 Å². The smallest absolute Gasteiger partial charge is 0.314 e. The zero-order chi connectivity index (χ0) is 19.7. The van der Waals surface area contributed by atoms with Gasteiger partial charge in [-0.2, -0.15) is 0 Å². The number of H-pyrrole nitrogens is 1. The Bertz CT molecular complexity index is 1010. The van der Waals surface area contributed by atoms with Gasteiger partial charge in [-0.25, -0.2) is 0 Å². The van der Waals surface area contributed by atoms with Crippen LogP contribution in [0.1, 0.15) is 29.7 Å². The Morgan fingerprint density at radius 1 is 1.04 bits per heavy atom. The third-order valence-electron chi connectivity index (χ3n) is 6.06. The van der Waals surface area contributed by atoms with Crippen molar-refractivity contribution in [3.05, 3.63) is 71.4 Å². The molecule has 1 amide bonds. The van der Waals surface area contributed by atoms with E-state index in [1.54, 1.807) is 0 Å². The molecule has 5 nitrogen and oxygen atoms in total. The van der Waals surface area contributed by atoms with Gasteiger partial charge in [0.05, 0.1) is 11.8 Å². The molecule has 0 saturated carbocycles. The minimum absolute atomic E-state index is 0.0555. The van der Waals surface area contributed by atoms with E-state index in [1.807, 2.05) is 66.4 Å². The van der Waals surface area contributed by atoms with Crippen LogP contribution in [0.25, 0.3) is 10.9 Å². The first-order valence-electron chi connectivity index (χ1n) is 9.64. The van der Waals surface area contributed by atoms with Crippen LogP contribution >= 0.6 is 0 Å². The maximum absolute atomic E-state index is 12.9. The number of fused-ring (bicyclic) bond motifs is 1. The average molecular weight is 376 g/mol. The van der Waals surface area contributed by atoms with Crippen molar-refractivity contribution >= 4 is 22.8 Å². The Hall–Kier alpha value is -3.08. The molecular formula is C23H24N2O3. The van der Waals surface area contributed by atoms with Crippen LogP contribution in [-0.4, -0.2) is 40.0 Å². The summed E-state index contributed by atoms with van der Waals surface area (Å²) in [6, 6.07) is 17.4. The van der Waals surface area contributed by atoms with E-state index < -0.39 is 11.4 Å². The van der Waals surface area contributed by atoms with Crippen molar-refractivity contribution in [1.82, 2.24) is 9.88 Å². The minimum Gasteiger partial charge on any atom is -0.481 e. The normalized spacial score (nSPS) is 16.2. The molecule has 1 saturated heterocycles. The summed E-state index contributed by atoms with van der Waals surface area (Å²) < 4.78 is 0. The predicted octanol–water partition coefficient (Wildman–Crippen LogP) is 3.66. The van der Waals surface area contributed by atoms with Crippen LogP contribution in [0, 0.1) is 6.92 Å². The van der Waals surface area contributed by atoms with Crippen LogP contribution in [-0.2, 0) is 21.4 Å². The summed E-state index contributed by atoms with van der Waals surface area (Å²) in [4.78, 5) is 30.2. The van der Waals surface area contributed by atoms with Crippen molar-refractivity contribution in [3.63, 3.8) is 0 Å². The van der Waals surface area contributed by atoms with Crippen molar-refractivity contribution in [2.45, 2.75) is 31.6 Å². The first-order valence-corrected chi connectivity index (χ1v) is 9.64. The van der Waals surface area contributed by atoms with Gasteiger partial charge in [0.25, 0.3) is 0 Å². The first-order chi connectivity index (χ1) is 13.5. The van der Waals surface area contributed by atoms with E-state index in [9.17, 15) is 14.7 Å². The number of hydrogen-bond donors (Lipinski definition) is 2. The van der Waals surface area contributed by atoms with E-state index in [-0.39, 0.29) is 5.91 Å². The van der Waals surface area contributed by atoms with E-state index in [0.29, 0.717) is 32.4 Å². The van der Waals surface area contributed by atoms with Crippen molar-refractivity contribution < 1.29 is 14.7 Å². The number of hydrogen-bond acceptors (Lipinski definition) is 2. The van der Waals surface area contributed by atoms with Crippen molar-refractivity contribution in [1.29, 1.82) is 0 Å². The number of carbonyl (C=O) groups excluding carboxylic acids is 1. The maximum Gasteiger partial charge on any atom is 0.314 e. The molecule has 0 radical (unpaired) electrons. The molecule has 2 aromatic carbocycles. The number of carboxylic acid groups (broad SMARTS) is 1. The number of aryl methyl sites for hydroxylation is 1. The molecule has 1 aliphatic heterocycles. The van der Waals surface area contributed by atoms with Crippen LogP contribution in [0.15, 0.2) is 54.6 Å². The third kappa shape index (κ3) is 3.07. The molecule has 0 atom stereocenters. The number of aliphatic carboxylic acids is 1. The average Bonchev–Trinajstić information content (AvgIpc) is 3.03. The van der Waals surface area contributed by atoms with E-state index in [1.165, 1.54) is 0 Å². The molecule has 1 aliphatic rings. The van der Waals surface area contributed by atoms with Gasteiger partial charge in [-0.15, -0.1) is 0 Å². The Labute approximate surface area is 164 Å². The van der Waals surface area contributed by atoms with Crippen molar-refractivity contribution in [2.75, 3.05) is 13.1 Å². The van der Waals surface area contributed by atoms with Crippen LogP contribution in [0.4, 0.5) is 0 Å². The fourth-order valence-corrected chi connectivity index (χ4v) is 4.35. The van der Waals surface area contributed by atoms with E-state index in [2.05, 4.69) is 4.98 Å². The molecule has 2 heterocycles. The number of likely N-dealkylation sites (tertiary alicyclic amines) is 1. The number of nitrogens with zero attached hydrogens (tertiary/aromatic N) is 1. The van der Waals surface area contributed by atoms with E-state index >= 15 is 0 Å². The van der Waals surface area contributed by atoms with Gasteiger partial charge in [-0.05, 0) is 37.0 Å². The SMILES string of the molecule is Cc1[nH]c2ccccc2c1CC(=O)N1CCC(C(=O)O)(c2ccccc2)CC1. The molecule has 5 heteroatoms. The quantitative estimate of drug-likeness (QED) is 0.730. The molecule has 1 aromatic heterocycles. The Morgan fingerprint density at radius 3 is 2.36 bits per heavy atom. The Balaban J connectivity index is 1.51. The summed E-state index contributed by atoms with van der Waals surface area (Å²) in [5.74, 6) is -0.752. The standard InChI is InChI=1S/C23H24N2O3/c1-16-19(18-9-5-6-10-20(18)24-16)15-21(26)25-13-11-23(12-14-25,22(27)28)17-7-3-2-4-8-17/h2-10,24H,11-15H2,1H3,(H,27,28). The lowest BCUT2D eigenvalue weighted by molar-refractivity contribution is -0.148. The second-order valence-electron chi connectivity index (χ2n) is 7.58. The number of amides is 1. The zero-order valence-electron chi connectivity index (χ0n) is 15.9. The highest BCUT2D eigenvalue weighted by Crippen LogP contribution is 2.36.